The van der Waals surface area contributed by atoms with Crippen LogP contribution in [0.1, 0.15) is 6.42 Å². The molecular formula is C20H16F2N6O3S2. The summed E-state index contributed by atoms with van der Waals surface area (Å²) in [4.78, 5) is 27.9. The lowest BCUT2D eigenvalue weighted by molar-refractivity contribution is -0.118. The lowest BCUT2D eigenvalue weighted by Crippen LogP contribution is -2.16. The molecule has 4 rings (SSSR count). The highest BCUT2D eigenvalue weighted by Crippen LogP contribution is 2.27. The molecule has 0 aliphatic heterocycles. The van der Waals surface area contributed by atoms with E-state index >= 15 is 0 Å². The van der Waals surface area contributed by atoms with Crippen molar-refractivity contribution in [2.24, 2.45) is 5.73 Å². The van der Waals surface area contributed by atoms with Crippen LogP contribution in [0.2, 0.25) is 0 Å². The van der Waals surface area contributed by atoms with Gasteiger partial charge in [0.05, 0.1) is 17.7 Å². The molecule has 1 aromatic carbocycles. The third-order valence-corrected chi connectivity index (χ3v) is 6.06. The number of hydrogen-bond donors (Lipinski definition) is 2. The molecule has 9 nitrogen and oxygen atoms in total. The molecule has 13 heteroatoms. The first-order chi connectivity index (χ1) is 15.9. The molecule has 0 unspecified atom stereocenters. The zero-order chi connectivity index (χ0) is 23.4. The summed E-state index contributed by atoms with van der Waals surface area (Å²) in [6, 6.07) is 6.88. The quantitative estimate of drug-likeness (QED) is 0.343. The number of halogens is 2. The summed E-state index contributed by atoms with van der Waals surface area (Å²) in [7, 11) is 0. The number of benzene rings is 1. The Labute approximate surface area is 194 Å². The van der Waals surface area contributed by atoms with Crippen molar-refractivity contribution in [1.82, 2.24) is 19.7 Å². The largest absolute Gasteiger partial charge is 0.461 e. The van der Waals surface area contributed by atoms with Gasteiger partial charge in [-0.2, -0.15) is 0 Å². The Morgan fingerprint density at radius 2 is 2.06 bits per heavy atom. The Hall–Kier alpha value is -3.58. The number of thioether (sulfide) groups is 1. The van der Waals surface area contributed by atoms with Crippen LogP contribution in [0.4, 0.5) is 13.9 Å². The Kier molecular flexibility index (Phi) is 6.79. The molecule has 0 bridgehead atoms. The first kappa shape index (κ1) is 22.6. The molecule has 0 saturated heterocycles. The maximum absolute atomic E-state index is 13.5. The Morgan fingerprint density at radius 1 is 1.21 bits per heavy atom. The predicted octanol–water partition coefficient (Wildman–Crippen LogP) is 3.55. The van der Waals surface area contributed by atoms with Crippen molar-refractivity contribution in [3.05, 3.63) is 53.6 Å². The molecule has 2 amide bonds. The Morgan fingerprint density at radius 3 is 2.79 bits per heavy atom. The number of thiazole rings is 1. The summed E-state index contributed by atoms with van der Waals surface area (Å²) in [5.74, 6) is -1.88. The van der Waals surface area contributed by atoms with Crippen LogP contribution in [0.5, 0.6) is 0 Å². The maximum Gasteiger partial charge on any atom is 0.236 e. The van der Waals surface area contributed by atoms with Crippen LogP contribution in [-0.2, 0) is 16.1 Å². The van der Waals surface area contributed by atoms with Gasteiger partial charge in [0.2, 0.25) is 11.8 Å². The first-order valence-corrected chi connectivity index (χ1v) is 11.4. The summed E-state index contributed by atoms with van der Waals surface area (Å²) in [5, 5.41) is 13.2. The number of aromatic nitrogens is 4. The van der Waals surface area contributed by atoms with Crippen molar-refractivity contribution < 1.29 is 22.8 Å². The molecule has 0 radical (unpaired) electrons. The molecule has 3 heterocycles. The third kappa shape index (κ3) is 5.43. The highest BCUT2D eigenvalue weighted by molar-refractivity contribution is 7.99. The van der Waals surface area contributed by atoms with Crippen LogP contribution in [0, 0.1) is 11.6 Å². The number of primary amides is 1. The second-order valence-corrected chi connectivity index (χ2v) is 8.46. The normalized spacial score (nSPS) is 11.0. The number of nitrogens with two attached hydrogens (primary N) is 1. The monoisotopic (exact) mass is 490 g/mol. The average Bonchev–Trinajstić information content (AvgIpc) is 3.53. The van der Waals surface area contributed by atoms with Crippen molar-refractivity contribution in [3.8, 4) is 22.8 Å². The van der Waals surface area contributed by atoms with Crippen molar-refractivity contribution in [2.75, 3.05) is 11.1 Å². The van der Waals surface area contributed by atoms with Crippen LogP contribution < -0.4 is 11.1 Å². The summed E-state index contributed by atoms with van der Waals surface area (Å²) in [6.45, 7) is 0.229. The molecule has 0 saturated carbocycles. The fraction of sp³-hybridized carbons (Fsp3) is 0.150. The van der Waals surface area contributed by atoms with Crippen LogP contribution in [0.25, 0.3) is 22.8 Å². The Bertz CT molecular complexity index is 1290. The van der Waals surface area contributed by atoms with Gasteiger partial charge in [-0.25, -0.2) is 13.8 Å². The standard InChI is InChI=1S/C20H16F2N6O3S2/c21-12-4-3-11(8-13(12)22)14-9-32-19(24-14)25-17(30)10-33-20-27-26-18(15-2-1-7-31-15)28(20)6-5-16(23)29/h1-4,7-9H,5-6,10H2,(H2,23,29)(H,24,25,30). The van der Waals surface area contributed by atoms with Gasteiger partial charge >= 0.3 is 0 Å². The molecule has 170 valence electrons. The van der Waals surface area contributed by atoms with E-state index in [-0.39, 0.29) is 24.6 Å². The number of carbonyl (C=O) groups is 2. The van der Waals surface area contributed by atoms with E-state index in [1.54, 1.807) is 22.1 Å². The number of carbonyl (C=O) groups excluding carboxylic acids is 2. The molecule has 0 aliphatic carbocycles. The number of furan rings is 1. The number of nitrogens with one attached hydrogen (secondary N) is 1. The van der Waals surface area contributed by atoms with Gasteiger partial charge in [0, 0.05) is 23.9 Å². The molecule has 0 spiro atoms. The minimum absolute atomic E-state index is 0.00699. The number of amides is 2. The van der Waals surface area contributed by atoms with Gasteiger partial charge in [0.25, 0.3) is 0 Å². The molecule has 33 heavy (non-hydrogen) atoms. The zero-order valence-corrected chi connectivity index (χ0v) is 18.5. The van der Waals surface area contributed by atoms with E-state index in [1.165, 1.54) is 12.3 Å². The highest BCUT2D eigenvalue weighted by atomic mass is 32.2. The van der Waals surface area contributed by atoms with E-state index < -0.39 is 17.5 Å². The molecule has 0 fully saturated rings. The second kappa shape index (κ2) is 9.92. The van der Waals surface area contributed by atoms with Gasteiger partial charge in [-0.1, -0.05) is 11.8 Å². The minimum Gasteiger partial charge on any atom is -0.461 e. The molecule has 0 aliphatic rings. The lowest BCUT2D eigenvalue weighted by atomic mass is 10.2. The van der Waals surface area contributed by atoms with E-state index in [0.717, 1.165) is 35.2 Å². The van der Waals surface area contributed by atoms with Crippen molar-refractivity contribution in [1.29, 1.82) is 0 Å². The van der Waals surface area contributed by atoms with Crippen molar-refractivity contribution >= 4 is 40.0 Å². The SMILES string of the molecule is NC(=O)CCn1c(SCC(=O)Nc2nc(-c3ccc(F)c(F)c3)cs2)nnc1-c1ccco1. The molecule has 0 atom stereocenters. The van der Waals surface area contributed by atoms with Gasteiger partial charge < -0.3 is 15.5 Å². The highest BCUT2D eigenvalue weighted by Gasteiger charge is 2.18. The van der Waals surface area contributed by atoms with E-state index in [9.17, 15) is 18.4 Å². The topological polar surface area (TPSA) is 129 Å². The van der Waals surface area contributed by atoms with Gasteiger partial charge in [0.15, 0.2) is 33.5 Å². The van der Waals surface area contributed by atoms with E-state index in [4.69, 9.17) is 10.2 Å². The molecule has 3 N–H and O–H groups in total. The van der Waals surface area contributed by atoms with E-state index in [2.05, 4.69) is 20.5 Å². The predicted molar refractivity (Wildman–Crippen MR) is 118 cm³/mol. The number of anilines is 1. The summed E-state index contributed by atoms with van der Waals surface area (Å²) in [6.07, 6.45) is 1.56. The minimum atomic E-state index is -0.975. The van der Waals surface area contributed by atoms with Gasteiger partial charge in [-0.15, -0.1) is 21.5 Å². The fourth-order valence-corrected chi connectivity index (χ4v) is 4.31. The van der Waals surface area contributed by atoms with Gasteiger partial charge in [-0.3, -0.25) is 14.2 Å². The van der Waals surface area contributed by atoms with Crippen LogP contribution in [0.3, 0.4) is 0 Å². The number of hydrogen-bond acceptors (Lipinski definition) is 8. The summed E-state index contributed by atoms with van der Waals surface area (Å²) >= 11 is 2.28. The Balaban J connectivity index is 1.41. The molecule has 4 aromatic rings. The van der Waals surface area contributed by atoms with Gasteiger partial charge in [-0.05, 0) is 30.3 Å². The molecule has 3 aromatic heterocycles. The second-order valence-electron chi connectivity index (χ2n) is 6.66. The van der Waals surface area contributed by atoms with Crippen LogP contribution >= 0.6 is 23.1 Å². The fourth-order valence-electron chi connectivity index (χ4n) is 2.81. The zero-order valence-electron chi connectivity index (χ0n) is 16.8. The van der Waals surface area contributed by atoms with E-state index in [0.29, 0.717) is 33.1 Å². The van der Waals surface area contributed by atoms with Crippen molar-refractivity contribution in [3.63, 3.8) is 0 Å². The van der Waals surface area contributed by atoms with Gasteiger partial charge in [0.1, 0.15) is 0 Å². The van der Waals surface area contributed by atoms with E-state index in [1.807, 2.05) is 0 Å². The smallest absolute Gasteiger partial charge is 0.236 e. The van der Waals surface area contributed by atoms with Crippen LogP contribution in [-0.4, -0.2) is 37.3 Å². The summed E-state index contributed by atoms with van der Waals surface area (Å²) < 4.78 is 33.6. The average molecular weight is 491 g/mol. The summed E-state index contributed by atoms with van der Waals surface area (Å²) in [5.41, 5.74) is 6.07. The number of rotatable bonds is 9. The third-order valence-electron chi connectivity index (χ3n) is 4.34. The first-order valence-electron chi connectivity index (χ1n) is 9.49. The van der Waals surface area contributed by atoms with Crippen LogP contribution in [0.15, 0.2) is 51.5 Å². The number of nitrogens with zero attached hydrogens (tertiary/aromatic N) is 4. The lowest BCUT2D eigenvalue weighted by Gasteiger charge is -2.07. The van der Waals surface area contributed by atoms with Crippen molar-refractivity contribution in [2.45, 2.75) is 18.1 Å². The maximum atomic E-state index is 13.5. The molecular weight excluding hydrogens is 474 g/mol.